The summed E-state index contributed by atoms with van der Waals surface area (Å²) in [5.74, 6) is 0.00998. The molecule has 0 spiro atoms. The zero-order valence-corrected chi connectivity index (χ0v) is 15.7. The molecular weight excluding hydrogens is 324 g/mol. The van der Waals surface area contributed by atoms with Crippen molar-refractivity contribution < 1.29 is 4.79 Å². The average Bonchev–Trinajstić information content (AvgIpc) is 2.64. The summed E-state index contributed by atoms with van der Waals surface area (Å²) in [6, 6.07) is 18.4. The van der Waals surface area contributed by atoms with E-state index in [1.807, 2.05) is 42.3 Å². The van der Waals surface area contributed by atoms with Gasteiger partial charge in [0.1, 0.15) is 0 Å². The maximum Gasteiger partial charge on any atom is 0.238 e. The van der Waals surface area contributed by atoms with Gasteiger partial charge in [-0.25, -0.2) is 0 Å². The van der Waals surface area contributed by atoms with E-state index in [1.54, 1.807) is 0 Å². The van der Waals surface area contributed by atoms with Gasteiger partial charge in [0.25, 0.3) is 0 Å². The summed E-state index contributed by atoms with van der Waals surface area (Å²) in [4.78, 5) is 19.0. The molecule has 1 amide bonds. The molecule has 0 bridgehead atoms. The number of benzene rings is 2. The Morgan fingerprint density at radius 1 is 1.00 bits per heavy atom. The molecule has 26 heavy (non-hydrogen) atoms. The fraction of sp³-hybridized carbons (Fsp3) is 0.381. The van der Waals surface area contributed by atoms with E-state index in [0.29, 0.717) is 6.54 Å². The standard InChI is InChI=1S/C21H28N4O/c1-23-12-14-25(15-13-23)20-10-8-19(9-11-20)22-21(26)17-24(2)16-18-6-4-3-5-7-18/h3-11H,12-17H2,1-2H3,(H,22,26). The Hall–Kier alpha value is -2.37. The maximum atomic E-state index is 12.3. The van der Waals surface area contributed by atoms with E-state index >= 15 is 0 Å². The van der Waals surface area contributed by atoms with Crippen LogP contribution >= 0.6 is 0 Å². The van der Waals surface area contributed by atoms with Crippen LogP contribution in [0.3, 0.4) is 0 Å². The normalized spacial score (nSPS) is 15.3. The van der Waals surface area contributed by atoms with Crippen LogP contribution in [0.15, 0.2) is 54.6 Å². The van der Waals surface area contributed by atoms with Crippen LogP contribution < -0.4 is 10.2 Å². The van der Waals surface area contributed by atoms with Crippen molar-refractivity contribution in [3.63, 3.8) is 0 Å². The number of hydrogen-bond acceptors (Lipinski definition) is 4. The number of piperazine rings is 1. The molecule has 0 atom stereocenters. The van der Waals surface area contributed by atoms with E-state index in [0.717, 1.165) is 38.4 Å². The predicted molar refractivity (Wildman–Crippen MR) is 108 cm³/mol. The summed E-state index contributed by atoms with van der Waals surface area (Å²) in [6.45, 7) is 5.41. The van der Waals surface area contributed by atoms with Gasteiger partial charge in [0, 0.05) is 44.1 Å². The summed E-state index contributed by atoms with van der Waals surface area (Å²) in [7, 11) is 4.12. The lowest BCUT2D eigenvalue weighted by Gasteiger charge is -2.34. The Morgan fingerprint density at radius 3 is 2.31 bits per heavy atom. The molecule has 0 saturated carbocycles. The number of carbonyl (C=O) groups is 1. The highest BCUT2D eigenvalue weighted by Gasteiger charge is 2.14. The molecule has 0 radical (unpaired) electrons. The van der Waals surface area contributed by atoms with Crippen LogP contribution in [0, 0.1) is 0 Å². The fourth-order valence-corrected chi connectivity index (χ4v) is 3.22. The van der Waals surface area contributed by atoms with Crippen LogP contribution in [0.25, 0.3) is 0 Å². The van der Waals surface area contributed by atoms with Crippen LogP contribution in [0.5, 0.6) is 0 Å². The number of nitrogens with one attached hydrogen (secondary N) is 1. The quantitative estimate of drug-likeness (QED) is 0.867. The molecule has 5 heteroatoms. The molecule has 1 aliphatic rings. The number of rotatable bonds is 6. The Kier molecular flexibility index (Phi) is 6.26. The molecule has 0 aliphatic carbocycles. The summed E-state index contributed by atoms with van der Waals surface area (Å²) in [5.41, 5.74) is 3.28. The number of amides is 1. The van der Waals surface area contributed by atoms with E-state index in [-0.39, 0.29) is 5.91 Å². The first-order valence-corrected chi connectivity index (χ1v) is 9.16. The first kappa shape index (κ1) is 18.4. The Morgan fingerprint density at radius 2 is 1.65 bits per heavy atom. The van der Waals surface area contributed by atoms with Gasteiger partial charge in [0.05, 0.1) is 6.54 Å². The van der Waals surface area contributed by atoms with E-state index in [2.05, 4.69) is 46.4 Å². The molecule has 2 aromatic carbocycles. The lowest BCUT2D eigenvalue weighted by Crippen LogP contribution is -2.44. The van der Waals surface area contributed by atoms with E-state index in [4.69, 9.17) is 0 Å². The van der Waals surface area contributed by atoms with Gasteiger partial charge in [-0.3, -0.25) is 9.69 Å². The highest BCUT2D eigenvalue weighted by atomic mass is 16.2. The Bertz CT molecular complexity index is 694. The highest BCUT2D eigenvalue weighted by molar-refractivity contribution is 5.92. The van der Waals surface area contributed by atoms with Crippen LogP contribution in [-0.4, -0.2) is 62.5 Å². The molecule has 5 nitrogen and oxygen atoms in total. The average molecular weight is 352 g/mol. The number of nitrogens with zero attached hydrogens (tertiary/aromatic N) is 3. The van der Waals surface area contributed by atoms with Gasteiger partial charge in [-0.1, -0.05) is 30.3 Å². The molecule has 0 aromatic heterocycles. The van der Waals surface area contributed by atoms with Crippen molar-refractivity contribution in [2.45, 2.75) is 6.54 Å². The van der Waals surface area contributed by atoms with Crippen LogP contribution in [0.1, 0.15) is 5.56 Å². The first-order chi connectivity index (χ1) is 12.6. The van der Waals surface area contributed by atoms with Crippen LogP contribution in [0.4, 0.5) is 11.4 Å². The molecule has 1 saturated heterocycles. The summed E-state index contributed by atoms with van der Waals surface area (Å²) in [5, 5.41) is 2.99. The van der Waals surface area contributed by atoms with Crippen molar-refractivity contribution in [1.82, 2.24) is 9.80 Å². The highest BCUT2D eigenvalue weighted by Crippen LogP contribution is 2.19. The minimum Gasteiger partial charge on any atom is -0.369 e. The third-order valence-corrected chi connectivity index (χ3v) is 4.73. The van der Waals surface area contributed by atoms with Gasteiger partial charge in [-0.05, 0) is 43.9 Å². The van der Waals surface area contributed by atoms with E-state index in [9.17, 15) is 4.79 Å². The van der Waals surface area contributed by atoms with Crippen molar-refractivity contribution >= 4 is 17.3 Å². The maximum absolute atomic E-state index is 12.3. The number of carbonyl (C=O) groups excluding carboxylic acids is 1. The molecule has 3 rings (SSSR count). The molecule has 1 heterocycles. The van der Waals surface area contributed by atoms with Gasteiger partial charge in [0.15, 0.2) is 0 Å². The van der Waals surface area contributed by atoms with Gasteiger partial charge in [-0.2, -0.15) is 0 Å². The second-order valence-corrected chi connectivity index (χ2v) is 7.04. The molecule has 1 fully saturated rings. The van der Waals surface area contributed by atoms with E-state index < -0.39 is 0 Å². The molecule has 1 aliphatic heterocycles. The van der Waals surface area contributed by atoms with Crippen molar-refractivity contribution in [2.75, 3.05) is 57.0 Å². The monoisotopic (exact) mass is 352 g/mol. The fourth-order valence-electron chi connectivity index (χ4n) is 3.22. The third kappa shape index (κ3) is 5.31. The number of likely N-dealkylation sites (N-methyl/N-ethyl adjacent to an activating group) is 2. The van der Waals surface area contributed by atoms with Crippen molar-refractivity contribution in [3.8, 4) is 0 Å². The predicted octanol–water partition coefficient (Wildman–Crippen LogP) is 2.51. The molecule has 138 valence electrons. The van der Waals surface area contributed by atoms with Gasteiger partial charge in [-0.15, -0.1) is 0 Å². The largest absolute Gasteiger partial charge is 0.369 e. The second-order valence-electron chi connectivity index (χ2n) is 7.04. The smallest absolute Gasteiger partial charge is 0.238 e. The number of hydrogen-bond donors (Lipinski definition) is 1. The summed E-state index contributed by atoms with van der Waals surface area (Å²) < 4.78 is 0. The van der Waals surface area contributed by atoms with Gasteiger partial charge < -0.3 is 15.1 Å². The molecule has 0 unspecified atom stereocenters. The Balaban J connectivity index is 1.48. The molecule has 2 aromatic rings. The second kappa shape index (κ2) is 8.83. The van der Waals surface area contributed by atoms with Crippen LogP contribution in [0.2, 0.25) is 0 Å². The van der Waals surface area contributed by atoms with Gasteiger partial charge >= 0.3 is 0 Å². The molecular formula is C21H28N4O. The number of anilines is 2. The summed E-state index contributed by atoms with van der Waals surface area (Å²) in [6.07, 6.45) is 0. The van der Waals surface area contributed by atoms with Gasteiger partial charge in [0.2, 0.25) is 5.91 Å². The van der Waals surface area contributed by atoms with Crippen molar-refractivity contribution in [1.29, 1.82) is 0 Å². The zero-order chi connectivity index (χ0) is 18.4. The van der Waals surface area contributed by atoms with E-state index in [1.165, 1.54) is 11.3 Å². The third-order valence-electron chi connectivity index (χ3n) is 4.73. The topological polar surface area (TPSA) is 38.8 Å². The minimum absolute atomic E-state index is 0.00998. The SMILES string of the molecule is CN1CCN(c2ccc(NC(=O)CN(C)Cc3ccccc3)cc2)CC1. The minimum atomic E-state index is 0.00998. The lowest BCUT2D eigenvalue weighted by atomic mass is 10.2. The van der Waals surface area contributed by atoms with Crippen molar-refractivity contribution in [3.05, 3.63) is 60.2 Å². The van der Waals surface area contributed by atoms with Crippen LogP contribution in [-0.2, 0) is 11.3 Å². The first-order valence-electron chi connectivity index (χ1n) is 9.16. The Labute approximate surface area is 156 Å². The summed E-state index contributed by atoms with van der Waals surface area (Å²) >= 11 is 0. The zero-order valence-electron chi connectivity index (χ0n) is 15.7. The van der Waals surface area contributed by atoms with Crippen molar-refractivity contribution in [2.24, 2.45) is 0 Å². The molecule has 1 N–H and O–H groups in total. The lowest BCUT2D eigenvalue weighted by molar-refractivity contribution is -0.117.